The number of aromatic nitrogens is 2. The number of nitrogens with zero attached hydrogens (tertiary/aromatic N) is 2. The Morgan fingerprint density at radius 1 is 1.48 bits per heavy atom. The summed E-state index contributed by atoms with van der Waals surface area (Å²) in [6.45, 7) is 5.23. The van der Waals surface area contributed by atoms with E-state index in [2.05, 4.69) is 6.92 Å². The molecule has 1 aliphatic heterocycles. The predicted octanol–water partition coefficient (Wildman–Crippen LogP) is 2.73. The maximum Gasteiger partial charge on any atom is 0.263 e. The molecule has 8 heteroatoms. The summed E-state index contributed by atoms with van der Waals surface area (Å²) in [7, 11) is 0. The molecule has 2 aliphatic rings. The van der Waals surface area contributed by atoms with Gasteiger partial charge in [-0.15, -0.1) is 11.3 Å². The molecule has 1 fully saturated rings. The van der Waals surface area contributed by atoms with Gasteiger partial charge in [-0.2, -0.15) is 0 Å². The Balaban J connectivity index is 1.83. The maximum atomic E-state index is 13.4. The first-order valence-corrected chi connectivity index (χ1v) is 11.3. The number of carbonyl (C=O) groups is 1. The Bertz CT molecular complexity index is 930. The Morgan fingerprint density at radius 2 is 2.30 bits per heavy atom. The van der Waals surface area contributed by atoms with Crippen molar-refractivity contribution in [1.29, 1.82) is 0 Å². The van der Waals surface area contributed by atoms with E-state index in [0.29, 0.717) is 17.6 Å². The number of rotatable bonds is 5. The zero-order chi connectivity index (χ0) is 19.1. The number of aryl methyl sites for hydroxylation is 1. The lowest BCUT2D eigenvalue weighted by Crippen LogP contribution is -2.30. The number of nitrogens with two attached hydrogens (primary N) is 1. The number of thioether (sulfide) groups is 1. The smallest absolute Gasteiger partial charge is 0.263 e. The first-order valence-electron chi connectivity index (χ1n) is 9.56. The van der Waals surface area contributed by atoms with E-state index < -0.39 is 11.2 Å². The Morgan fingerprint density at radius 3 is 3.00 bits per heavy atom. The molecule has 0 saturated carbocycles. The summed E-state index contributed by atoms with van der Waals surface area (Å²) in [5, 5.41) is 0.900. The molecule has 0 unspecified atom stereocenters. The number of thiophene rings is 1. The van der Waals surface area contributed by atoms with Gasteiger partial charge in [0.15, 0.2) is 5.16 Å². The molecule has 6 nitrogen and oxygen atoms in total. The van der Waals surface area contributed by atoms with Crippen molar-refractivity contribution < 1.29 is 9.53 Å². The largest absolute Gasteiger partial charge is 0.376 e. The second-order valence-electron chi connectivity index (χ2n) is 7.64. The highest BCUT2D eigenvalue weighted by Gasteiger charge is 2.27. The van der Waals surface area contributed by atoms with Gasteiger partial charge in [0, 0.05) is 11.5 Å². The van der Waals surface area contributed by atoms with Gasteiger partial charge in [0.1, 0.15) is 4.83 Å². The lowest BCUT2D eigenvalue weighted by molar-refractivity contribution is -0.117. The average Bonchev–Trinajstić information content (AvgIpc) is 3.24. The standard InChI is InChI=1S/C19H25N3O3S2/c1-10-5-6-13-14(8-10)27-17-15(13)18(24)22(9-12-4-3-7-25-12)19(21-17)26-11(2)16(20)23/h10-12H,3-9H2,1-2H3,(H2,20,23)/t10-,11+,12-/m0/s1. The van der Waals surface area contributed by atoms with Gasteiger partial charge in [-0.3, -0.25) is 14.2 Å². The summed E-state index contributed by atoms with van der Waals surface area (Å²) in [5.74, 6) is 0.237. The summed E-state index contributed by atoms with van der Waals surface area (Å²) in [5.41, 5.74) is 6.63. The van der Waals surface area contributed by atoms with Gasteiger partial charge in [-0.1, -0.05) is 18.7 Å². The van der Waals surface area contributed by atoms with E-state index in [-0.39, 0.29) is 11.7 Å². The molecule has 27 heavy (non-hydrogen) atoms. The second kappa shape index (κ2) is 7.56. The monoisotopic (exact) mass is 407 g/mol. The third kappa shape index (κ3) is 3.67. The molecule has 3 heterocycles. The minimum Gasteiger partial charge on any atom is -0.376 e. The van der Waals surface area contributed by atoms with Gasteiger partial charge in [-0.05, 0) is 50.5 Å². The molecule has 0 bridgehead atoms. The molecule has 3 atom stereocenters. The molecule has 0 aromatic carbocycles. The summed E-state index contributed by atoms with van der Waals surface area (Å²) in [6, 6.07) is 0. The third-order valence-corrected chi connectivity index (χ3v) is 7.73. The van der Waals surface area contributed by atoms with Crippen LogP contribution in [0.2, 0.25) is 0 Å². The maximum absolute atomic E-state index is 13.4. The van der Waals surface area contributed by atoms with Crippen LogP contribution in [-0.2, 0) is 28.9 Å². The van der Waals surface area contributed by atoms with Crippen LogP contribution >= 0.6 is 23.1 Å². The van der Waals surface area contributed by atoms with Crippen molar-refractivity contribution in [2.45, 2.75) is 69.0 Å². The highest BCUT2D eigenvalue weighted by Crippen LogP contribution is 2.37. The van der Waals surface area contributed by atoms with Gasteiger partial charge in [0.2, 0.25) is 5.91 Å². The van der Waals surface area contributed by atoms with Gasteiger partial charge >= 0.3 is 0 Å². The van der Waals surface area contributed by atoms with Gasteiger partial charge < -0.3 is 10.5 Å². The molecule has 1 saturated heterocycles. The summed E-state index contributed by atoms with van der Waals surface area (Å²) >= 11 is 2.90. The number of ether oxygens (including phenoxy) is 1. The molecule has 0 radical (unpaired) electrons. The highest BCUT2D eigenvalue weighted by molar-refractivity contribution is 8.00. The molecule has 2 aromatic rings. The van der Waals surface area contributed by atoms with Crippen LogP contribution in [0, 0.1) is 5.92 Å². The van der Waals surface area contributed by atoms with Gasteiger partial charge in [0.25, 0.3) is 5.56 Å². The number of carbonyl (C=O) groups excluding carboxylic acids is 1. The summed E-state index contributed by atoms with van der Waals surface area (Å²) in [6.07, 6.45) is 5.05. The number of fused-ring (bicyclic) bond motifs is 3. The Kier molecular flexibility index (Phi) is 5.31. The molecular weight excluding hydrogens is 382 g/mol. The SMILES string of the molecule is C[C@H]1CCc2c(sc3nc(S[C@H](C)C(N)=O)n(C[C@@H]4CCCO4)c(=O)c23)C1. The zero-order valence-corrected chi connectivity index (χ0v) is 17.3. The van der Waals surface area contributed by atoms with Gasteiger partial charge in [-0.25, -0.2) is 4.98 Å². The third-order valence-electron chi connectivity index (χ3n) is 5.47. The van der Waals surface area contributed by atoms with E-state index in [9.17, 15) is 9.59 Å². The fourth-order valence-corrected chi connectivity index (χ4v) is 6.16. The molecule has 1 aliphatic carbocycles. The predicted molar refractivity (Wildman–Crippen MR) is 109 cm³/mol. The van der Waals surface area contributed by atoms with Crippen molar-refractivity contribution >= 4 is 39.2 Å². The lowest BCUT2D eigenvalue weighted by Gasteiger charge is -2.19. The zero-order valence-electron chi connectivity index (χ0n) is 15.7. The molecule has 0 spiro atoms. The van der Waals surface area contributed by atoms with Crippen molar-refractivity contribution in [3.05, 3.63) is 20.8 Å². The van der Waals surface area contributed by atoms with E-state index in [0.717, 1.165) is 48.9 Å². The van der Waals surface area contributed by atoms with Crippen LogP contribution in [-0.4, -0.2) is 33.4 Å². The van der Waals surface area contributed by atoms with Crippen molar-refractivity contribution in [3.8, 4) is 0 Å². The minimum absolute atomic E-state index is 0.00160. The fraction of sp³-hybridized carbons (Fsp3) is 0.632. The topological polar surface area (TPSA) is 87.2 Å². The second-order valence-corrected chi connectivity index (χ2v) is 10.0. The molecule has 2 N–H and O–H groups in total. The van der Waals surface area contributed by atoms with Crippen molar-refractivity contribution in [2.75, 3.05) is 6.61 Å². The average molecular weight is 408 g/mol. The molecule has 2 aromatic heterocycles. The minimum atomic E-state index is -0.445. The summed E-state index contributed by atoms with van der Waals surface area (Å²) in [4.78, 5) is 31.9. The van der Waals surface area contributed by atoms with Crippen LogP contribution in [0.3, 0.4) is 0 Å². The lowest BCUT2D eigenvalue weighted by atomic mass is 9.89. The van der Waals surface area contributed by atoms with Crippen LogP contribution in [0.25, 0.3) is 10.2 Å². The fourth-order valence-electron chi connectivity index (χ4n) is 3.86. The summed E-state index contributed by atoms with van der Waals surface area (Å²) < 4.78 is 7.47. The van der Waals surface area contributed by atoms with Crippen LogP contribution in [0.1, 0.15) is 43.6 Å². The van der Waals surface area contributed by atoms with E-state index in [1.807, 2.05) is 0 Å². The van der Waals surface area contributed by atoms with Crippen LogP contribution in [0.15, 0.2) is 9.95 Å². The first kappa shape index (κ1) is 19.0. The van der Waals surface area contributed by atoms with Crippen molar-refractivity contribution in [1.82, 2.24) is 9.55 Å². The van der Waals surface area contributed by atoms with Crippen molar-refractivity contribution in [2.24, 2.45) is 11.7 Å². The van der Waals surface area contributed by atoms with E-state index in [1.165, 1.54) is 22.2 Å². The number of hydrogen-bond acceptors (Lipinski definition) is 6. The Hall–Kier alpha value is -1.38. The number of hydrogen-bond donors (Lipinski definition) is 1. The molecule has 4 rings (SSSR count). The molecular formula is C19H25N3O3S2. The van der Waals surface area contributed by atoms with Crippen molar-refractivity contribution in [3.63, 3.8) is 0 Å². The first-order chi connectivity index (χ1) is 12.9. The van der Waals surface area contributed by atoms with E-state index in [4.69, 9.17) is 15.5 Å². The van der Waals surface area contributed by atoms with Crippen LogP contribution in [0.4, 0.5) is 0 Å². The number of amides is 1. The van der Waals surface area contributed by atoms with Crippen LogP contribution < -0.4 is 11.3 Å². The molecule has 1 amide bonds. The van der Waals surface area contributed by atoms with Crippen LogP contribution in [0.5, 0.6) is 0 Å². The molecule has 146 valence electrons. The van der Waals surface area contributed by atoms with E-state index in [1.54, 1.807) is 22.8 Å². The number of primary amides is 1. The quantitative estimate of drug-likeness (QED) is 0.608. The van der Waals surface area contributed by atoms with E-state index >= 15 is 0 Å². The highest BCUT2D eigenvalue weighted by atomic mass is 32.2. The Labute approximate surface area is 166 Å². The normalized spacial score (nSPS) is 23.5. The van der Waals surface area contributed by atoms with Gasteiger partial charge in [0.05, 0.1) is 23.3 Å².